The number of carbonyl (C=O) groups is 2. The van der Waals surface area contributed by atoms with Crippen LogP contribution in [0.2, 0.25) is 5.02 Å². The molecule has 0 radical (unpaired) electrons. The number of halogens is 1. The molecule has 0 spiro atoms. The molecule has 0 atom stereocenters. The molecule has 186 valence electrons. The number of nitrogens with one attached hydrogen (secondary N) is 1. The number of aryl methyl sites for hydroxylation is 3. The number of hydrogen-bond acceptors (Lipinski definition) is 5. The Bertz CT molecular complexity index is 1420. The number of nitrogens with zero attached hydrogens (tertiary/aromatic N) is 2. The number of aromatic nitrogens is 1. The molecular weight excluding hydrogens is 494 g/mol. The second kappa shape index (κ2) is 10.7. The lowest BCUT2D eigenvalue weighted by molar-refractivity contribution is -0.112. The lowest BCUT2D eigenvalue weighted by atomic mass is 9.95. The van der Waals surface area contributed by atoms with E-state index in [0.717, 1.165) is 58.8 Å². The van der Waals surface area contributed by atoms with Crippen molar-refractivity contribution < 1.29 is 14.3 Å². The van der Waals surface area contributed by atoms with E-state index in [1.165, 1.54) is 4.88 Å². The number of nitriles is 1. The molecule has 0 bridgehead atoms. The Labute approximate surface area is 220 Å². The van der Waals surface area contributed by atoms with Gasteiger partial charge in [0.1, 0.15) is 16.6 Å². The zero-order valence-corrected chi connectivity index (χ0v) is 22.4. The summed E-state index contributed by atoms with van der Waals surface area (Å²) in [4.78, 5) is 27.1. The number of ether oxygens (including phenoxy) is 1. The second-order valence-corrected chi connectivity index (χ2v) is 10.4. The van der Waals surface area contributed by atoms with E-state index in [9.17, 15) is 14.9 Å². The molecule has 3 aromatic rings. The van der Waals surface area contributed by atoms with E-state index >= 15 is 0 Å². The smallest absolute Gasteiger partial charge is 0.341 e. The van der Waals surface area contributed by atoms with Gasteiger partial charge in [-0.15, -0.1) is 11.3 Å². The van der Waals surface area contributed by atoms with Gasteiger partial charge in [0.15, 0.2) is 0 Å². The normalized spacial score (nSPS) is 13.2. The van der Waals surface area contributed by atoms with Crippen LogP contribution in [0.4, 0.5) is 5.69 Å². The van der Waals surface area contributed by atoms with Gasteiger partial charge in [0.05, 0.1) is 12.2 Å². The van der Waals surface area contributed by atoms with Gasteiger partial charge in [0.25, 0.3) is 5.91 Å². The minimum Gasteiger partial charge on any atom is -0.462 e. The van der Waals surface area contributed by atoms with Crippen LogP contribution >= 0.6 is 22.9 Å². The van der Waals surface area contributed by atoms with E-state index in [1.54, 1.807) is 29.5 Å². The summed E-state index contributed by atoms with van der Waals surface area (Å²) in [7, 11) is 0. The lowest BCUT2D eigenvalue weighted by Crippen LogP contribution is -2.14. The van der Waals surface area contributed by atoms with Crippen LogP contribution in [-0.2, 0) is 22.4 Å². The van der Waals surface area contributed by atoms with Crippen molar-refractivity contribution in [2.24, 2.45) is 0 Å². The molecular formula is C28H28ClN3O3S. The molecule has 1 N–H and O–H groups in total. The molecule has 2 aromatic heterocycles. The Morgan fingerprint density at radius 2 is 1.97 bits per heavy atom. The van der Waals surface area contributed by atoms with Crippen molar-refractivity contribution in [1.29, 1.82) is 5.26 Å². The summed E-state index contributed by atoms with van der Waals surface area (Å²) in [6.07, 6.45) is 5.58. The Balaban J connectivity index is 1.74. The standard InChI is InChI=1S/C28H28ClN3O3S/c1-5-35-28(34)25-22-8-6-7-9-24(22)36-27(25)32-17(3)12-19(18(32)4)13-20(15-30)26(33)31-23-14-21(29)11-10-16(23)2/h10-14H,5-9H2,1-4H3,(H,31,33)/b20-13+. The number of amides is 1. The maximum atomic E-state index is 13.0. The van der Waals surface area contributed by atoms with E-state index in [1.807, 2.05) is 50.5 Å². The summed E-state index contributed by atoms with van der Waals surface area (Å²) in [5.74, 6) is -0.808. The number of carbonyl (C=O) groups excluding carboxylic acids is 2. The predicted octanol–water partition coefficient (Wildman–Crippen LogP) is 6.72. The zero-order chi connectivity index (χ0) is 26.0. The monoisotopic (exact) mass is 521 g/mol. The van der Waals surface area contributed by atoms with Crippen LogP contribution in [0.3, 0.4) is 0 Å². The van der Waals surface area contributed by atoms with E-state index < -0.39 is 5.91 Å². The highest BCUT2D eigenvalue weighted by atomic mass is 35.5. The van der Waals surface area contributed by atoms with Crippen molar-refractivity contribution in [3.63, 3.8) is 0 Å². The zero-order valence-electron chi connectivity index (χ0n) is 20.8. The average Bonchev–Trinajstić information content (AvgIpc) is 3.35. The topological polar surface area (TPSA) is 84.1 Å². The third kappa shape index (κ3) is 4.97. The number of thiophene rings is 1. The van der Waals surface area contributed by atoms with Gasteiger partial charge >= 0.3 is 5.97 Å². The fraction of sp³-hybridized carbons (Fsp3) is 0.321. The van der Waals surface area contributed by atoms with E-state index in [4.69, 9.17) is 16.3 Å². The number of anilines is 1. The van der Waals surface area contributed by atoms with Crippen LogP contribution in [-0.4, -0.2) is 23.1 Å². The molecule has 1 aliphatic carbocycles. The molecule has 1 aromatic carbocycles. The summed E-state index contributed by atoms with van der Waals surface area (Å²) >= 11 is 7.70. The minimum absolute atomic E-state index is 0.0225. The molecule has 0 unspecified atom stereocenters. The van der Waals surface area contributed by atoms with Crippen LogP contribution in [0.25, 0.3) is 11.1 Å². The van der Waals surface area contributed by atoms with Crippen LogP contribution in [0, 0.1) is 32.1 Å². The van der Waals surface area contributed by atoms with Gasteiger partial charge in [-0.25, -0.2) is 4.79 Å². The highest BCUT2D eigenvalue weighted by molar-refractivity contribution is 7.15. The van der Waals surface area contributed by atoms with Crippen molar-refractivity contribution in [3.05, 3.63) is 73.4 Å². The molecule has 4 rings (SSSR count). The van der Waals surface area contributed by atoms with Crippen molar-refractivity contribution in [3.8, 4) is 11.1 Å². The molecule has 8 heteroatoms. The number of fused-ring (bicyclic) bond motifs is 1. The van der Waals surface area contributed by atoms with E-state index in [2.05, 4.69) is 5.32 Å². The summed E-state index contributed by atoms with van der Waals surface area (Å²) in [6.45, 7) is 7.87. The van der Waals surface area contributed by atoms with Gasteiger partial charge in [-0.2, -0.15) is 5.26 Å². The first kappa shape index (κ1) is 25.7. The molecule has 2 heterocycles. The maximum absolute atomic E-state index is 13.0. The number of rotatable bonds is 6. The second-order valence-electron chi connectivity index (χ2n) is 8.86. The molecule has 0 saturated carbocycles. The quantitative estimate of drug-likeness (QED) is 0.222. The fourth-order valence-electron chi connectivity index (χ4n) is 4.59. The Morgan fingerprint density at radius 1 is 1.22 bits per heavy atom. The van der Waals surface area contributed by atoms with Gasteiger partial charge in [-0.3, -0.25) is 4.79 Å². The van der Waals surface area contributed by atoms with Crippen LogP contribution in [0.5, 0.6) is 0 Å². The predicted molar refractivity (Wildman–Crippen MR) is 144 cm³/mol. The average molecular weight is 522 g/mol. The Hall–Kier alpha value is -3.34. The minimum atomic E-state index is -0.508. The fourth-order valence-corrected chi connectivity index (χ4v) is 6.25. The molecule has 36 heavy (non-hydrogen) atoms. The maximum Gasteiger partial charge on any atom is 0.341 e. The third-order valence-corrected chi connectivity index (χ3v) is 7.93. The van der Waals surface area contributed by atoms with Crippen LogP contribution in [0.15, 0.2) is 29.8 Å². The summed E-state index contributed by atoms with van der Waals surface area (Å²) in [5.41, 5.74) is 5.61. The molecule has 1 aliphatic rings. The number of esters is 1. The SMILES string of the molecule is CCOC(=O)c1c(-n2c(C)cc(/C=C(\C#N)C(=O)Nc3cc(Cl)ccc3C)c2C)sc2c1CCCC2. The number of benzene rings is 1. The van der Waals surface area contributed by atoms with E-state index in [-0.39, 0.29) is 11.5 Å². The number of hydrogen-bond donors (Lipinski definition) is 1. The Kier molecular flexibility index (Phi) is 7.67. The summed E-state index contributed by atoms with van der Waals surface area (Å²) in [6, 6.07) is 9.16. The highest BCUT2D eigenvalue weighted by Gasteiger charge is 2.28. The van der Waals surface area contributed by atoms with E-state index in [0.29, 0.717) is 22.9 Å². The Morgan fingerprint density at radius 3 is 2.69 bits per heavy atom. The van der Waals surface area contributed by atoms with Gasteiger partial charge < -0.3 is 14.6 Å². The van der Waals surface area contributed by atoms with Crippen molar-refractivity contribution in [1.82, 2.24) is 4.57 Å². The first-order chi connectivity index (χ1) is 17.2. The van der Waals surface area contributed by atoms with Crippen molar-refractivity contribution in [2.75, 3.05) is 11.9 Å². The molecule has 6 nitrogen and oxygen atoms in total. The summed E-state index contributed by atoms with van der Waals surface area (Å²) in [5, 5.41) is 13.9. The van der Waals surface area contributed by atoms with Crippen LogP contribution < -0.4 is 5.32 Å². The van der Waals surface area contributed by atoms with Gasteiger partial charge in [0.2, 0.25) is 0 Å². The molecule has 0 fully saturated rings. The van der Waals surface area contributed by atoms with Gasteiger partial charge in [-0.1, -0.05) is 17.7 Å². The lowest BCUT2D eigenvalue weighted by Gasteiger charge is -2.13. The third-order valence-electron chi connectivity index (χ3n) is 6.42. The molecule has 0 aliphatic heterocycles. The first-order valence-electron chi connectivity index (χ1n) is 11.9. The summed E-state index contributed by atoms with van der Waals surface area (Å²) < 4.78 is 7.46. The van der Waals surface area contributed by atoms with Crippen molar-refractivity contribution in [2.45, 2.75) is 53.4 Å². The molecule has 0 saturated heterocycles. The van der Waals surface area contributed by atoms with Crippen LogP contribution in [0.1, 0.15) is 63.1 Å². The molecule has 1 amide bonds. The highest BCUT2D eigenvalue weighted by Crippen LogP contribution is 2.39. The van der Waals surface area contributed by atoms with Gasteiger partial charge in [-0.05, 0) is 94.3 Å². The largest absolute Gasteiger partial charge is 0.462 e. The first-order valence-corrected chi connectivity index (χ1v) is 13.1. The van der Waals surface area contributed by atoms with Crippen molar-refractivity contribution >= 4 is 46.6 Å². The van der Waals surface area contributed by atoms with Gasteiger partial charge in [0, 0.05) is 27.0 Å².